The van der Waals surface area contributed by atoms with E-state index in [-0.39, 0.29) is 17.0 Å². The van der Waals surface area contributed by atoms with E-state index in [4.69, 9.17) is 0 Å². The Kier molecular flexibility index (Phi) is 5.39. The van der Waals surface area contributed by atoms with Crippen molar-refractivity contribution in [3.05, 3.63) is 65.2 Å². The van der Waals surface area contributed by atoms with Gasteiger partial charge in [-0.1, -0.05) is 37.5 Å². The van der Waals surface area contributed by atoms with Crippen LogP contribution in [0.3, 0.4) is 0 Å². The standard InChI is InChI=1S/C23H28F2N2O/c1-26-14-21(28)22(16-6-5-7-17(24)12-16)27-15-23(10-3-2-4-11-23)19-9-8-18(25)13-20(19)27/h5-9,12-13,21-22,26,28H,2-4,10-11,14-15H2,1H3. The first-order valence-corrected chi connectivity index (χ1v) is 10.2. The Morgan fingerprint density at radius 3 is 2.54 bits per heavy atom. The first kappa shape index (κ1) is 19.3. The zero-order valence-electron chi connectivity index (χ0n) is 16.3. The Morgan fingerprint density at radius 2 is 1.82 bits per heavy atom. The summed E-state index contributed by atoms with van der Waals surface area (Å²) in [5, 5.41) is 14.0. The van der Waals surface area contributed by atoms with Gasteiger partial charge in [0.05, 0.1) is 12.1 Å². The largest absolute Gasteiger partial charge is 0.389 e. The van der Waals surface area contributed by atoms with Crippen LogP contribution in [0.2, 0.25) is 0 Å². The van der Waals surface area contributed by atoms with E-state index < -0.39 is 12.1 Å². The van der Waals surface area contributed by atoms with E-state index in [9.17, 15) is 13.9 Å². The highest BCUT2D eigenvalue weighted by atomic mass is 19.1. The van der Waals surface area contributed by atoms with Crippen molar-refractivity contribution in [1.29, 1.82) is 0 Å². The minimum absolute atomic E-state index is 0.00772. The summed E-state index contributed by atoms with van der Waals surface area (Å²) in [7, 11) is 1.78. The monoisotopic (exact) mass is 386 g/mol. The summed E-state index contributed by atoms with van der Waals surface area (Å²) >= 11 is 0. The van der Waals surface area contributed by atoms with Gasteiger partial charge in [-0.15, -0.1) is 0 Å². The lowest BCUT2D eigenvalue weighted by atomic mass is 9.71. The van der Waals surface area contributed by atoms with Crippen molar-refractivity contribution < 1.29 is 13.9 Å². The van der Waals surface area contributed by atoms with Gasteiger partial charge in [0.25, 0.3) is 0 Å². The van der Waals surface area contributed by atoms with Gasteiger partial charge in [-0.3, -0.25) is 0 Å². The molecule has 5 heteroatoms. The van der Waals surface area contributed by atoms with Crippen LogP contribution in [-0.2, 0) is 5.41 Å². The van der Waals surface area contributed by atoms with Crippen molar-refractivity contribution in [2.45, 2.75) is 49.7 Å². The van der Waals surface area contributed by atoms with Crippen LogP contribution in [0.5, 0.6) is 0 Å². The van der Waals surface area contributed by atoms with E-state index in [1.165, 1.54) is 24.1 Å². The lowest BCUT2D eigenvalue weighted by Gasteiger charge is -2.38. The van der Waals surface area contributed by atoms with Crippen molar-refractivity contribution >= 4 is 5.69 Å². The van der Waals surface area contributed by atoms with E-state index in [1.807, 2.05) is 12.1 Å². The third-order valence-corrected chi connectivity index (χ3v) is 6.43. The molecule has 0 saturated heterocycles. The van der Waals surface area contributed by atoms with Gasteiger partial charge in [0.2, 0.25) is 0 Å². The zero-order valence-corrected chi connectivity index (χ0v) is 16.3. The molecule has 2 aliphatic rings. The number of benzene rings is 2. The highest BCUT2D eigenvalue weighted by molar-refractivity contribution is 5.64. The highest BCUT2D eigenvalue weighted by Gasteiger charge is 2.46. The average Bonchev–Trinajstić information content (AvgIpc) is 2.96. The third-order valence-electron chi connectivity index (χ3n) is 6.43. The molecule has 0 bridgehead atoms. The molecule has 1 aliphatic carbocycles. The van der Waals surface area contributed by atoms with Gasteiger partial charge in [-0.2, -0.15) is 0 Å². The summed E-state index contributed by atoms with van der Waals surface area (Å²) in [4.78, 5) is 2.11. The highest BCUT2D eigenvalue weighted by Crippen LogP contribution is 2.52. The van der Waals surface area contributed by atoms with Gasteiger partial charge >= 0.3 is 0 Å². The number of aliphatic hydroxyl groups is 1. The number of rotatable bonds is 5. The summed E-state index contributed by atoms with van der Waals surface area (Å²) in [5.74, 6) is -0.608. The topological polar surface area (TPSA) is 35.5 Å². The maximum absolute atomic E-state index is 14.2. The zero-order chi connectivity index (χ0) is 19.7. The minimum atomic E-state index is -0.748. The predicted molar refractivity (Wildman–Crippen MR) is 108 cm³/mol. The molecule has 1 heterocycles. The summed E-state index contributed by atoms with van der Waals surface area (Å²) in [5.41, 5.74) is 2.72. The molecule has 0 aromatic heterocycles. The first-order chi connectivity index (χ1) is 13.5. The second-order valence-electron chi connectivity index (χ2n) is 8.26. The Balaban J connectivity index is 1.81. The van der Waals surface area contributed by atoms with Crippen molar-refractivity contribution in [3.63, 3.8) is 0 Å². The molecule has 1 fully saturated rings. The molecule has 4 rings (SSSR count). The number of fused-ring (bicyclic) bond motifs is 2. The molecular weight excluding hydrogens is 358 g/mol. The van der Waals surface area contributed by atoms with E-state index >= 15 is 0 Å². The lowest BCUT2D eigenvalue weighted by molar-refractivity contribution is 0.138. The average molecular weight is 386 g/mol. The second kappa shape index (κ2) is 7.80. The molecule has 2 atom stereocenters. The smallest absolute Gasteiger partial charge is 0.125 e. The Hall–Kier alpha value is -1.98. The molecule has 2 unspecified atom stereocenters. The van der Waals surface area contributed by atoms with Crippen molar-refractivity contribution in [2.24, 2.45) is 0 Å². The fourth-order valence-electron chi connectivity index (χ4n) is 5.21. The molecule has 1 spiro atoms. The number of hydrogen-bond acceptors (Lipinski definition) is 3. The molecule has 2 aromatic carbocycles. The maximum atomic E-state index is 14.2. The summed E-state index contributed by atoms with van der Waals surface area (Å²) < 4.78 is 28.2. The Morgan fingerprint density at radius 1 is 1.07 bits per heavy atom. The minimum Gasteiger partial charge on any atom is -0.389 e. The molecule has 0 radical (unpaired) electrons. The van der Waals surface area contributed by atoms with Crippen molar-refractivity contribution in [3.8, 4) is 0 Å². The van der Waals surface area contributed by atoms with Crippen molar-refractivity contribution in [2.75, 3.05) is 25.0 Å². The SMILES string of the molecule is CNCC(O)C(c1cccc(F)c1)N1CC2(CCCCC2)c2ccc(F)cc21. The number of aliphatic hydroxyl groups excluding tert-OH is 1. The predicted octanol–water partition coefficient (Wildman–Crippen LogP) is 4.31. The van der Waals surface area contributed by atoms with Crippen LogP contribution in [0.1, 0.15) is 49.3 Å². The molecular formula is C23H28F2N2O. The quantitative estimate of drug-likeness (QED) is 0.804. The van der Waals surface area contributed by atoms with Crippen LogP contribution >= 0.6 is 0 Å². The molecule has 2 aromatic rings. The van der Waals surface area contributed by atoms with E-state index in [0.717, 1.165) is 37.9 Å². The van der Waals surface area contributed by atoms with Gasteiger partial charge in [-0.25, -0.2) is 8.78 Å². The number of nitrogens with one attached hydrogen (secondary N) is 1. The van der Waals surface area contributed by atoms with Crippen LogP contribution in [0.15, 0.2) is 42.5 Å². The van der Waals surface area contributed by atoms with Gasteiger partial charge in [-0.05, 0) is 55.3 Å². The Labute approximate surface area is 165 Å². The van der Waals surface area contributed by atoms with Crippen LogP contribution in [0.4, 0.5) is 14.5 Å². The molecule has 150 valence electrons. The molecule has 1 aliphatic heterocycles. The first-order valence-electron chi connectivity index (χ1n) is 10.2. The summed E-state index contributed by atoms with van der Waals surface area (Å²) in [6.07, 6.45) is 4.94. The number of halogens is 2. The van der Waals surface area contributed by atoms with Gasteiger partial charge < -0.3 is 15.3 Å². The van der Waals surface area contributed by atoms with Crippen molar-refractivity contribution in [1.82, 2.24) is 5.32 Å². The van der Waals surface area contributed by atoms with Gasteiger partial charge in [0.1, 0.15) is 11.6 Å². The normalized spacial score (nSPS) is 20.2. The number of likely N-dealkylation sites (N-methyl/N-ethyl adjacent to an activating group) is 1. The third kappa shape index (κ3) is 3.42. The number of anilines is 1. The van der Waals surface area contributed by atoms with E-state index in [1.54, 1.807) is 25.2 Å². The molecule has 3 nitrogen and oxygen atoms in total. The van der Waals surface area contributed by atoms with Gasteiger partial charge in [0, 0.05) is 24.2 Å². The molecule has 28 heavy (non-hydrogen) atoms. The summed E-state index contributed by atoms with van der Waals surface area (Å²) in [6, 6.07) is 11.0. The fraction of sp³-hybridized carbons (Fsp3) is 0.478. The second-order valence-corrected chi connectivity index (χ2v) is 8.26. The maximum Gasteiger partial charge on any atom is 0.125 e. The molecule has 1 saturated carbocycles. The van der Waals surface area contributed by atoms with E-state index in [2.05, 4.69) is 10.2 Å². The Bertz CT molecular complexity index is 835. The summed E-state index contributed by atoms with van der Waals surface area (Å²) in [6.45, 7) is 1.10. The number of nitrogens with zero attached hydrogens (tertiary/aromatic N) is 1. The lowest BCUT2D eigenvalue weighted by Crippen LogP contribution is -2.43. The molecule has 2 N–H and O–H groups in total. The fourth-order valence-corrected chi connectivity index (χ4v) is 5.21. The number of hydrogen-bond donors (Lipinski definition) is 2. The van der Waals surface area contributed by atoms with Crippen LogP contribution < -0.4 is 10.2 Å². The van der Waals surface area contributed by atoms with Crippen LogP contribution in [-0.4, -0.2) is 31.3 Å². The van der Waals surface area contributed by atoms with Crippen LogP contribution in [0, 0.1) is 11.6 Å². The van der Waals surface area contributed by atoms with Gasteiger partial charge in [0.15, 0.2) is 0 Å². The van der Waals surface area contributed by atoms with Crippen LogP contribution in [0.25, 0.3) is 0 Å². The molecule has 0 amide bonds. The van der Waals surface area contributed by atoms with E-state index in [0.29, 0.717) is 12.1 Å².